The van der Waals surface area contributed by atoms with Crippen LogP contribution in [-0.2, 0) is 0 Å². The van der Waals surface area contributed by atoms with Gasteiger partial charge in [-0.3, -0.25) is 0 Å². The first kappa shape index (κ1) is 11.1. The average Bonchev–Trinajstić information content (AvgIpc) is 2.12. The van der Waals surface area contributed by atoms with E-state index in [1.54, 1.807) is 0 Å². The minimum absolute atomic E-state index is 0. The molecule has 0 radical (unpaired) electrons. The van der Waals surface area contributed by atoms with Crippen LogP contribution in [0.4, 0.5) is 4.39 Å². The van der Waals surface area contributed by atoms with Crippen molar-refractivity contribution in [1.82, 2.24) is 10.2 Å². The Bertz CT molecular complexity index is 113. The molecule has 0 aromatic rings. The van der Waals surface area contributed by atoms with Crippen molar-refractivity contribution in [2.24, 2.45) is 0 Å². The lowest BCUT2D eigenvalue weighted by Crippen LogP contribution is -2.37. The molecule has 1 rings (SSSR count). The first-order valence-electron chi connectivity index (χ1n) is 3.67. The molecule has 1 atom stereocenters. The molecule has 68 valence electrons. The molecule has 1 heterocycles. The minimum Gasteiger partial charge on any atom is -0.313 e. The van der Waals surface area contributed by atoms with E-state index in [1.165, 1.54) is 0 Å². The molecule has 0 aromatic carbocycles. The number of rotatable bonds is 2. The lowest BCUT2D eigenvalue weighted by molar-refractivity contribution is 0.139. The number of halogens is 2. The fourth-order valence-corrected chi connectivity index (χ4v) is 1.41. The smallest absolute Gasteiger partial charge is 0.137 e. The Balaban J connectivity index is 0.000001000. The van der Waals surface area contributed by atoms with Crippen LogP contribution in [0.25, 0.3) is 0 Å². The van der Waals surface area contributed by atoms with Crippen LogP contribution in [0.3, 0.4) is 0 Å². The Morgan fingerprint density at radius 1 is 1.55 bits per heavy atom. The predicted octanol–water partition coefficient (Wildman–Crippen LogP) is 0.671. The van der Waals surface area contributed by atoms with E-state index in [1.807, 2.05) is 19.0 Å². The van der Waals surface area contributed by atoms with Gasteiger partial charge in [-0.25, -0.2) is 4.39 Å². The van der Waals surface area contributed by atoms with E-state index in [4.69, 9.17) is 0 Å². The summed E-state index contributed by atoms with van der Waals surface area (Å²) in [5, 5.41) is 3.02. The highest BCUT2D eigenvalue weighted by molar-refractivity contribution is 5.85. The quantitative estimate of drug-likeness (QED) is 0.676. The minimum atomic E-state index is -0.969. The number of hydrogen-bond donors (Lipinski definition) is 1. The molecule has 0 spiro atoms. The number of nitrogens with zero attached hydrogens (tertiary/aromatic N) is 1. The van der Waals surface area contributed by atoms with Gasteiger partial charge in [-0.1, -0.05) is 0 Å². The molecular formula is C7H16ClFN2. The van der Waals surface area contributed by atoms with Gasteiger partial charge in [0.1, 0.15) is 5.67 Å². The van der Waals surface area contributed by atoms with Gasteiger partial charge in [0.15, 0.2) is 0 Å². The van der Waals surface area contributed by atoms with Crippen molar-refractivity contribution in [2.75, 3.05) is 33.7 Å². The zero-order chi connectivity index (χ0) is 7.61. The largest absolute Gasteiger partial charge is 0.313 e. The molecule has 0 aromatic heterocycles. The Hall–Kier alpha value is 0.140. The maximum atomic E-state index is 13.5. The monoisotopic (exact) mass is 182 g/mol. The maximum absolute atomic E-state index is 13.5. The highest BCUT2D eigenvalue weighted by Crippen LogP contribution is 2.19. The molecule has 0 unspecified atom stereocenters. The standard InChI is InChI=1S/C7H15FN2.ClH/c1-10(2)6-7(8)3-4-9-5-7;/h9H,3-6H2,1-2H3;1H/t7-;/m0./s1. The lowest BCUT2D eigenvalue weighted by Gasteiger charge is -2.22. The second kappa shape index (κ2) is 4.24. The van der Waals surface area contributed by atoms with Gasteiger partial charge in [0, 0.05) is 13.1 Å². The van der Waals surface area contributed by atoms with E-state index in [0.29, 0.717) is 19.5 Å². The average molecular weight is 183 g/mol. The summed E-state index contributed by atoms with van der Waals surface area (Å²) in [6.07, 6.45) is 0.658. The lowest BCUT2D eigenvalue weighted by atomic mass is 10.1. The summed E-state index contributed by atoms with van der Waals surface area (Å²) < 4.78 is 13.5. The summed E-state index contributed by atoms with van der Waals surface area (Å²) in [6.45, 7) is 1.88. The SMILES string of the molecule is CN(C)C[C@]1(F)CCNC1.Cl. The molecular weight excluding hydrogens is 167 g/mol. The van der Waals surface area contributed by atoms with Crippen molar-refractivity contribution >= 4 is 12.4 Å². The van der Waals surface area contributed by atoms with Crippen LogP contribution < -0.4 is 5.32 Å². The van der Waals surface area contributed by atoms with E-state index < -0.39 is 5.67 Å². The molecule has 0 amide bonds. The Morgan fingerprint density at radius 3 is 2.55 bits per heavy atom. The third-order valence-electron chi connectivity index (χ3n) is 1.79. The number of nitrogens with one attached hydrogen (secondary N) is 1. The molecule has 1 aliphatic rings. The van der Waals surface area contributed by atoms with Crippen molar-refractivity contribution in [1.29, 1.82) is 0 Å². The molecule has 0 aliphatic carbocycles. The molecule has 2 nitrogen and oxygen atoms in total. The van der Waals surface area contributed by atoms with Crippen molar-refractivity contribution in [2.45, 2.75) is 12.1 Å². The summed E-state index contributed by atoms with van der Waals surface area (Å²) in [6, 6.07) is 0. The highest BCUT2D eigenvalue weighted by atomic mass is 35.5. The van der Waals surface area contributed by atoms with Gasteiger partial charge in [-0.05, 0) is 27.1 Å². The van der Waals surface area contributed by atoms with Crippen LogP contribution in [-0.4, -0.2) is 44.3 Å². The van der Waals surface area contributed by atoms with Crippen molar-refractivity contribution in [3.8, 4) is 0 Å². The van der Waals surface area contributed by atoms with Crippen molar-refractivity contribution in [3.63, 3.8) is 0 Å². The van der Waals surface area contributed by atoms with E-state index >= 15 is 0 Å². The van der Waals surface area contributed by atoms with E-state index in [-0.39, 0.29) is 12.4 Å². The van der Waals surface area contributed by atoms with E-state index in [9.17, 15) is 4.39 Å². The summed E-state index contributed by atoms with van der Waals surface area (Å²) >= 11 is 0. The first-order chi connectivity index (χ1) is 4.62. The molecule has 11 heavy (non-hydrogen) atoms. The second-order valence-corrected chi connectivity index (χ2v) is 3.32. The highest BCUT2D eigenvalue weighted by Gasteiger charge is 2.33. The van der Waals surface area contributed by atoms with Crippen LogP contribution in [0.5, 0.6) is 0 Å². The van der Waals surface area contributed by atoms with Gasteiger partial charge in [0.05, 0.1) is 0 Å². The van der Waals surface area contributed by atoms with Crippen LogP contribution in [0.2, 0.25) is 0 Å². The Kier molecular flexibility index (Phi) is 4.29. The fourth-order valence-electron chi connectivity index (χ4n) is 1.41. The fraction of sp³-hybridized carbons (Fsp3) is 1.00. The normalized spacial score (nSPS) is 30.5. The molecule has 1 fully saturated rings. The molecule has 1 N–H and O–H groups in total. The topological polar surface area (TPSA) is 15.3 Å². The van der Waals surface area contributed by atoms with E-state index in [0.717, 1.165) is 6.54 Å². The molecule has 0 bridgehead atoms. The predicted molar refractivity (Wildman–Crippen MR) is 47.1 cm³/mol. The summed E-state index contributed by atoms with van der Waals surface area (Å²) in [5.74, 6) is 0. The number of alkyl halides is 1. The summed E-state index contributed by atoms with van der Waals surface area (Å²) in [7, 11) is 3.80. The van der Waals surface area contributed by atoms with E-state index in [2.05, 4.69) is 5.32 Å². The van der Waals surface area contributed by atoms with Gasteiger partial charge >= 0.3 is 0 Å². The van der Waals surface area contributed by atoms with Gasteiger partial charge in [0.2, 0.25) is 0 Å². The van der Waals surface area contributed by atoms with Crippen molar-refractivity contribution in [3.05, 3.63) is 0 Å². The second-order valence-electron chi connectivity index (χ2n) is 3.32. The van der Waals surface area contributed by atoms with Gasteiger partial charge < -0.3 is 10.2 Å². The van der Waals surface area contributed by atoms with Crippen LogP contribution >= 0.6 is 12.4 Å². The van der Waals surface area contributed by atoms with Crippen molar-refractivity contribution < 1.29 is 4.39 Å². The summed E-state index contributed by atoms with van der Waals surface area (Å²) in [5.41, 5.74) is -0.969. The zero-order valence-corrected chi connectivity index (χ0v) is 7.88. The Morgan fingerprint density at radius 2 is 2.18 bits per heavy atom. The van der Waals surface area contributed by atoms with Crippen LogP contribution in [0.15, 0.2) is 0 Å². The summed E-state index contributed by atoms with van der Waals surface area (Å²) in [4.78, 5) is 1.90. The first-order valence-corrected chi connectivity index (χ1v) is 3.67. The molecule has 0 saturated carbocycles. The third-order valence-corrected chi connectivity index (χ3v) is 1.79. The maximum Gasteiger partial charge on any atom is 0.137 e. The van der Waals surface area contributed by atoms with Gasteiger partial charge in [0.25, 0.3) is 0 Å². The van der Waals surface area contributed by atoms with Crippen LogP contribution in [0.1, 0.15) is 6.42 Å². The molecule has 4 heteroatoms. The van der Waals surface area contributed by atoms with Gasteiger partial charge in [-0.2, -0.15) is 0 Å². The number of hydrogen-bond acceptors (Lipinski definition) is 2. The molecule has 1 saturated heterocycles. The zero-order valence-electron chi connectivity index (χ0n) is 7.06. The Labute approximate surface area is 73.6 Å². The van der Waals surface area contributed by atoms with Crippen LogP contribution in [0, 0.1) is 0 Å². The van der Waals surface area contributed by atoms with Gasteiger partial charge in [-0.15, -0.1) is 12.4 Å². The third kappa shape index (κ3) is 3.36. The molecule has 1 aliphatic heterocycles.